The van der Waals surface area contributed by atoms with Gasteiger partial charge in [-0.1, -0.05) is 66.7 Å². The van der Waals surface area contributed by atoms with Crippen molar-refractivity contribution < 1.29 is 14.3 Å². The van der Waals surface area contributed by atoms with Crippen molar-refractivity contribution in [2.45, 2.75) is 44.9 Å². The van der Waals surface area contributed by atoms with E-state index in [0.29, 0.717) is 13.1 Å². The zero-order chi connectivity index (χ0) is 29.3. The maximum absolute atomic E-state index is 13.7. The van der Waals surface area contributed by atoms with Crippen LogP contribution in [0, 0.1) is 0 Å². The third-order valence-corrected chi connectivity index (χ3v) is 8.34. The normalized spacial score (nSPS) is 18.5. The summed E-state index contributed by atoms with van der Waals surface area (Å²) < 4.78 is 5.49. The molecule has 0 unspecified atom stereocenters. The lowest BCUT2D eigenvalue weighted by atomic mass is 10.00. The first-order chi connectivity index (χ1) is 20.4. The molecular weight excluding hydrogens is 528 g/mol. The second-order valence-corrected chi connectivity index (χ2v) is 11.5. The van der Waals surface area contributed by atoms with Gasteiger partial charge >= 0.3 is 12.1 Å². The number of carbonyl (C=O) groups is 2. The van der Waals surface area contributed by atoms with E-state index in [-0.39, 0.29) is 18.1 Å². The van der Waals surface area contributed by atoms with Crippen molar-refractivity contribution in [3.8, 4) is 0 Å². The first kappa shape index (κ1) is 29.8. The number of ether oxygens (including phenoxy) is 1. The summed E-state index contributed by atoms with van der Waals surface area (Å²) in [4.78, 5) is 31.5. The Morgan fingerprint density at radius 2 is 1.71 bits per heavy atom. The minimum absolute atomic E-state index is 0.0495. The number of nitrogens with one attached hydrogen (secondary N) is 2. The van der Waals surface area contributed by atoms with E-state index in [1.165, 1.54) is 10.9 Å². The van der Waals surface area contributed by atoms with Crippen molar-refractivity contribution in [2.75, 3.05) is 52.5 Å². The Morgan fingerprint density at radius 1 is 0.976 bits per heavy atom. The van der Waals surface area contributed by atoms with Crippen LogP contribution in [0.25, 0.3) is 10.8 Å². The molecule has 4 N–H and O–H groups in total. The number of nitrogens with zero attached hydrogens (tertiary/aromatic N) is 3. The summed E-state index contributed by atoms with van der Waals surface area (Å²) in [5.74, 6) is 0. The number of primary amides is 1. The highest BCUT2D eigenvalue weighted by molar-refractivity contribution is 5.86. The van der Waals surface area contributed by atoms with Gasteiger partial charge in [0.25, 0.3) is 0 Å². The monoisotopic (exact) mass is 572 g/mol. The number of rotatable bonds is 11. The molecule has 0 radical (unpaired) electrons. The number of carbonyl (C=O) groups excluding carboxylic acids is 2. The highest BCUT2D eigenvalue weighted by atomic mass is 16.5. The number of hydrogen-bond acceptors (Lipinski definition) is 5. The van der Waals surface area contributed by atoms with Crippen LogP contribution in [0.4, 0.5) is 9.59 Å². The van der Waals surface area contributed by atoms with E-state index in [0.717, 1.165) is 81.8 Å². The zero-order valence-electron chi connectivity index (χ0n) is 24.6. The van der Waals surface area contributed by atoms with E-state index in [1.54, 1.807) is 0 Å². The molecule has 0 aliphatic carbocycles. The fourth-order valence-electron chi connectivity index (χ4n) is 6.07. The molecule has 0 spiro atoms. The van der Waals surface area contributed by atoms with Gasteiger partial charge in [0.2, 0.25) is 0 Å². The molecule has 2 heterocycles. The van der Waals surface area contributed by atoms with Gasteiger partial charge in [0.15, 0.2) is 0 Å². The minimum Gasteiger partial charge on any atom is -0.379 e. The molecule has 3 aromatic rings. The van der Waals surface area contributed by atoms with Gasteiger partial charge in [-0.25, -0.2) is 9.59 Å². The molecule has 9 heteroatoms. The molecule has 224 valence electrons. The lowest BCUT2D eigenvalue weighted by molar-refractivity contribution is 0.0364. The topological polar surface area (TPSA) is 103 Å². The van der Waals surface area contributed by atoms with Crippen molar-refractivity contribution in [1.29, 1.82) is 0 Å². The molecule has 0 aromatic heterocycles. The summed E-state index contributed by atoms with van der Waals surface area (Å²) in [5.41, 5.74) is 8.72. The number of likely N-dealkylation sites (tertiary alicyclic amines) is 1. The van der Waals surface area contributed by atoms with Crippen molar-refractivity contribution >= 4 is 22.8 Å². The maximum Gasteiger partial charge on any atom is 0.318 e. The number of nitrogens with two attached hydrogens (primary N) is 1. The van der Waals surface area contributed by atoms with Gasteiger partial charge < -0.3 is 26.0 Å². The van der Waals surface area contributed by atoms with Crippen LogP contribution in [-0.2, 0) is 17.8 Å². The summed E-state index contributed by atoms with van der Waals surface area (Å²) in [6.07, 6.45) is 1.82. The average molecular weight is 573 g/mol. The van der Waals surface area contributed by atoms with Crippen LogP contribution in [0.5, 0.6) is 0 Å². The molecule has 0 bridgehead atoms. The molecule has 2 saturated heterocycles. The first-order valence-electron chi connectivity index (χ1n) is 15.1. The molecule has 42 heavy (non-hydrogen) atoms. The summed E-state index contributed by atoms with van der Waals surface area (Å²) in [7, 11) is 0. The molecule has 4 amide bonds. The van der Waals surface area contributed by atoms with Gasteiger partial charge in [-0.15, -0.1) is 0 Å². The Kier molecular flexibility index (Phi) is 10.3. The van der Waals surface area contributed by atoms with E-state index >= 15 is 0 Å². The minimum atomic E-state index is -0.462. The number of benzene rings is 3. The van der Waals surface area contributed by atoms with Gasteiger partial charge in [-0.2, -0.15) is 0 Å². The smallest absolute Gasteiger partial charge is 0.318 e. The fraction of sp³-hybridized carbons (Fsp3) is 0.455. The number of urea groups is 2. The molecule has 2 aliphatic heterocycles. The Hall–Kier alpha value is -3.66. The lowest BCUT2D eigenvalue weighted by Gasteiger charge is -2.29. The van der Waals surface area contributed by atoms with Crippen molar-refractivity contribution in [2.24, 2.45) is 5.73 Å². The zero-order valence-corrected chi connectivity index (χ0v) is 24.6. The van der Waals surface area contributed by atoms with Crippen molar-refractivity contribution in [3.63, 3.8) is 0 Å². The third kappa shape index (κ3) is 8.21. The highest BCUT2D eigenvalue weighted by Gasteiger charge is 2.23. The standard InChI is InChI=1S/C33H44N6O3/c1-25(30-9-4-7-28-6-2-3-8-31(28)30)35-33(41)39(16-5-15-37-18-20-42-21-19-37)23-27-12-10-26(11-13-27)22-38-17-14-29(24-38)36-32(34)40/h2-4,6-13,25,29H,5,14-24H2,1H3,(H,35,41)(H3,34,36,40)/t25-,29-/m0/s1. The number of hydrogen-bond donors (Lipinski definition) is 3. The first-order valence-corrected chi connectivity index (χ1v) is 15.1. The average Bonchev–Trinajstić information content (AvgIpc) is 3.43. The maximum atomic E-state index is 13.7. The number of amides is 4. The largest absolute Gasteiger partial charge is 0.379 e. The second kappa shape index (κ2) is 14.5. The number of morpholine rings is 1. The van der Waals surface area contributed by atoms with Crippen molar-refractivity contribution in [3.05, 3.63) is 83.4 Å². The van der Waals surface area contributed by atoms with Crippen LogP contribution in [0.15, 0.2) is 66.7 Å². The van der Waals surface area contributed by atoms with Crippen LogP contribution in [0.3, 0.4) is 0 Å². The molecule has 9 nitrogen and oxygen atoms in total. The number of fused-ring (bicyclic) bond motifs is 1. The van der Waals surface area contributed by atoms with Crippen LogP contribution in [0.2, 0.25) is 0 Å². The second-order valence-electron chi connectivity index (χ2n) is 11.5. The molecule has 5 rings (SSSR count). The molecule has 3 aromatic carbocycles. The highest BCUT2D eigenvalue weighted by Crippen LogP contribution is 2.24. The molecular formula is C33H44N6O3. The van der Waals surface area contributed by atoms with Gasteiger partial charge in [-0.05, 0) is 47.2 Å². The van der Waals surface area contributed by atoms with E-state index in [4.69, 9.17) is 10.5 Å². The quantitative estimate of drug-likeness (QED) is 0.321. The van der Waals surface area contributed by atoms with Crippen LogP contribution >= 0.6 is 0 Å². The van der Waals surface area contributed by atoms with Gasteiger partial charge in [0.1, 0.15) is 0 Å². The van der Waals surface area contributed by atoms with Crippen LogP contribution < -0.4 is 16.4 Å². The Bertz CT molecular complexity index is 1320. The van der Waals surface area contributed by atoms with E-state index < -0.39 is 6.03 Å². The third-order valence-electron chi connectivity index (χ3n) is 8.34. The Morgan fingerprint density at radius 3 is 2.50 bits per heavy atom. The summed E-state index contributed by atoms with van der Waals surface area (Å²) in [6, 6.07) is 22.6. The SMILES string of the molecule is C[C@H](NC(=O)N(CCCN1CCOCC1)Cc1ccc(CN2CC[C@H](NC(N)=O)C2)cc1)c1cccc2ccccc12. The predicted octanol–water partition coefficient (Wildman–Crippen LogP) is 4.08. The van der Waals surface area contributed by atoms with E-state index in [2.05, 4.69) is 82.0 Å². The predicted molar refractivity (Wildman–Crippen MR) is 166 cm³/mol. The van der Waals surface area contributed by atoms with Gasteiger partial charge in [0.05, 0.1) is 19.3 Å². The molecule has 2 fully saturated rings. The molecule has 0 saturated carbocycles. The Labute approximate surface area is 249 Å². The molecule has 2 aliphatic rings. The van der Waals surface area contributed by atoms with Crippen LogP contribution in [-0.4, -0.2) is 85.3 Å². The van der Waals surface area contributed by atoms with E-state index in [9.17, 15) is 9.59 Å². The lowest BCUT2D eigenvalue weighted by Crippen LogP contribution is -2.43. The molecule has 2 atom stereocenters. The van der Waals surface area contributed by atoms with Crippen LogP contribution in [0.1, 0.15) is 42.5 Å². The van der Waals surface area contributed by atoms with Gasteiger partial charge in [-0.3, -0.25) is 9.80 Å². The Balaban J connectivity index is 1.22. The van der Waals surface area contributed by atoms with E-state index in [1.807, 2.05) is 17.0 Å². The fourth-order valence-corrected chi connectivity index (χ4v) is 6.07. The summed E-state index contributed by atoms with van der Waals surface area (Å²) in [5, 5.41) is 8.43. The van der Waals surface area contributed by atoms with Crippen molar-refractivity contribution in [1.82, 2.24) is 25.3 Å². The summed E-state index contributed by atoms with van der Waals surface area (Å²) >= 11 is 0. The van der Waals surface area contributed by atoms with Gasteiger partial charge in [0, 0.05) is 58.4 Å². The summed E-state index contributed by atoms with van der Waals surface area (Å²) in [6.45, 7) is 10.2.